The molecule has 0 saturated carbocycles. The highest BCUT2D eigenvalue weighted by atomic mass is 19.4. The van der Waals surface area contributed by atoms with Crippen molar-refractivity contribution in [1.82, 2.24) is 0 Å². The van der Waals surface area contributed by atoms with Crippen LogP contribution in [0.5, 0.6) is 0 Å². The number of anilines is 2. The summed E-state index contributed by atoms with van der Waals surface area (Å²) in [7, 11) is 0. The van der Waals surface area contributed by atoms with Crippen molar-refractivity contribution in [3.63, 3.8) is 0 Å². The number of nitrogen functional groups attached to an aromatic ring is 2. The van der Waals surface area contributed by atoms with E-state index in [1.54, 1.807) is 57.7 Å². The first kappa shape index (κ1) is 57.8. The molecule has 2 aromatic heterocycles. The summed E-state index contributed by atoms with van der Waals surface area (Å²) >= 11 is 0. The number of aromatic nitrogens is 2. The zero-order valence-electron chi connectivity index (χ0n) is 45.0. The van der Waals surface area contributed by atoms with E-state index in [-0.39, 0.29) is 22.7 Å². The summed E-state index contributed by atoms with van der Waals surface area (Å²) in [5, 5.41) is 0. The van der Waals surface area contributed by atoms with Gasteiger partial charge >= 0.3 is 24.7 Å². The number of hydrogen-bond acceptors (Lipinski definition) is 2. The summed E-state index contributed by atoms with van der Waals surface area (Å²) in [6, 6.07) is 66.9. The molecule has 0 aliphatic rings. The molecular formula is C70H48F12N4+2. The van der Waals surface area contributed by atoms with Gasteiger partial charge in [0.1, 0.15) is 0 Å². The second-order valence-electron chi connectivity index (χ2n) is 20.6. The number of pyridine rings is 2. The fraction of sp³-hybridized carbons (Fsp3) is 0.0857. The second kappa shape index (κ2) is 22.2. The lowest BCUT2D eigenvalue weighted by Crippen LogP contribution is -2.54. The maximum Gasteiger partial charge on any atom is 0.411 e. The van der Waals surface area contributed by atoms with Gasteiger partial charge in [-0.1, -0.05) is 146 Å². The lowest BCUT2D eigenvalue weighted by atomic mass is 9.73. The molecule has 11 aromatic rings. The normalized spacial score (nSPS) is 12.5. The first-order chi connectivity index (χ1) is 41.0. The summed E-state index contributed by atoms with van der Waals surface area (Å²) in [5.41, 5.74) is 6.63. The van der Waals surface area contributed by atoms with Crippen LogP contribution in [0.4, 0.5) is 64.1 Å². The highest BCUT2D eigenvalue weighted by Gasteiger charge is 2.73. The quantitative estimate of drug-likeness (QED) is 0.0727. The van der Waals surface area contributed by atoms with E-state index >= 15 is 52.7 Å². The molecule has 0 saturated heterocycles. The Kier molecular flexibility index (Phi) is 14.9. The van der Waals surface area contributed by atoms with Crippen molar-refractivity contribution in [1.29, 1.82) is 0 Å². The number of rotatable bonds is 12. The van der Waals surface area contributed by atoms with Crippen LogP contribution in [0.25, 0.3) is 78.7 Å². The van der Waals surface area contributed by atoms with E-state index < -0.39 is 57.8 Å². The van der Waals surface area contributed by atoms with Gasteiger partial charge < -0.3 is 11.5 Å². The van der Waals surface area contributed by atoms with Gasteiger partial charge in [-0.15, -0.1) is 0 Å². The average molecular weight is 1170 g/mol. The minimum Gasteiger partial charge on any atom is -0.399 e. The van der Waals surface area contributed by atoms with Crippen LogP contribution in [-0.2, 0) is 10.8 Å². The second-order valence-corrected chi connectivity index (χ2v) is 20.6. The minimum absolute atomic E-state index is 0.0105. The van der Waals surface area contributed by atoms with Crippen molar-refractivity contribution in [3.05, 3.63) is 289 Å². The van der Waals surface area contributed by atoms with Gasteiger partial charge in [-0.2, -0.15) is 61.8 Å². The Labute approximate surface area is 486 Å². The molecule has 11 rings (SSSR count). The summed E-state index contributed by atoms with van der Waals surface area (Å²) in [6.07, 6.45) is -23.3. The van der Waals surface area contributed by atoms with Gasteiger partial charge in [-0.25, -0.2) is 0 Å². The Morgan fingerprint density at radius 3 is 0.640 bits per heavy atom. The Hall–Kier alpha value is -9.96. The van der Waals surface area contributed by atoms with Gasteiger partial charge in [0.15, 0.2) is 0 Å². The molecular weight excluding hydrogens is 1120 g/mol. The number of nitrogens with zero attached hydrogens (tertiary/aromatic N) is 2. The zero-order chi connectivity index (χ0) is 60.8. The third-order valence-electron chi connectivity index (χ3n) is 15.5. The number of nitrogens with two attached hydrogens (primary N) is 2. The summed E-state index contributed by atoms with van der Waals surface area (Å²) in [4.78, 5) is 0. The van der Waals surface area contributed by atoms with Crippen LogP contribution in [0.3, 0.4) is 0 Å². The predicted molar refractivity (Wildman–Crippen MR) is 310 cm³/mol. The Morgan fingerprint density at radius 1 is 0.221 bits per heavy atom. The van der Waals surface area contributed by atoms with Gasteiger partial charge in [0.2, 0.25) is 45.0 Å². The summed E-state index contributed by atoms with van der Waals surface area (Å²) in [5.74, 6) is 0. The molecule has 0 atom stereocenters. The third-order valence-corrected chi connectivity index (χ3v) is 15.5. The molecule has 0 amide bonds. The SMILES string of the molecule is Nc1ccc(C(c2ccc(-[n+]3c(-c4ccccc4)cc(-c4ccc(-c5cc(-c6ccccc6)[n+](-c6ccc(C(c7ccc(N)cc7)(C(F)(F)F)C(F)(F)F)cc6)c(-c6ccccc6)c5)cc4)cc3-c3ccccc3)cc2)(C(F)(F)F)C(F)(F)F)cc1. The van der Waals surface area contributed by atoms with Crippen LogP contribution in [-0.4, -0.2) is 24.7 Å². The average Bonchev–Trinajstić information content (AvgIpc) is 0.851. The van der Waals surface area contributed by atoms with Crippen molar-refractivity contribution in [2.24, 2.45) is 0 Å². The first-order valence-corrected chi connectivity index (χ1v) is 26.7. The van der Waals surface area contributed by atoms with E-state index in [4.69, 9.17) is 11.5 Å². The monoisotopic (exact) mass is 1170 g/mol. The fourth-order valence-corrected chi connectivity index (χ4v) is 11.4. The van der Waals surface area contributed by atoms with Crippen LogP contribution in [0, 0.1) is 0 Å². The van der Waals surface area contributed by atoms with Crippen molar-refractivity contribution in [3.8, 4) is 78.7 Å². The van der Waals surface area contributed by atoms with Crippen molar-refractivity contribution in [2.45, 2.75) is 35.5 Å². The fourth-order valence-electron chi connectivity index (χ4n) is 11.4. The molecule has 0 aliphatic carbocycles. The smallest absolute Gasteiger partial charge is 0.399 e. The van der Waals surface area contributed by atoms with Crippen molar-refractivity contribution < 1.29 is 61.8 Å². The molecule has 0 spiro atoms. The maximum absolute atomic E-state index is 15.3. The number of alkyl halides is 12. The Bertz CT molecular complexity index is 3750. The predicted octanol–water partition coefficient (Wildman–Crippen LogP) is 18.2. The van der Waals surface area contributed by atoms with Crippen LogP contribution >= 0.6 is 0 Å². The first-order valence-electron chi connectivity index (χ1n) is 26.7. The maximum atomic E-state index is 15.3. The molecule has 0 unspecified atom stereocenters. The van der Waals surface area contributed by atoms with Crippen LogP contribution in [0.15, 0.2) is 267 Å². The van der Waals surface area contributed by atoms with E-state index in [1.165, 1.54) is 24.3 Å². The third kappa shape index (κ3) is 10.3. The standard InChI is InChI=1S/C70H48F12N4/c71-67(72,73)65(68(74,75)76,53-25-33-57(83)34-26-53)55-29-37-59(38-30-55)85-61(47-13-5-1-6-14-47)41-51(42-62(85)48-15-7-2-8-16-48)45-21-23-46(24-22-45)52-43-63(49-17-9-3-10-18-49)86(64(44-52)50-19-11-4-12-20-50)60-39-31-56(32-40-60)66(69(77,78)79,70(80,81)82)54-27-35-58(84)36-28-54/h1-44H,83-84H2/q+2. The number of halogens is 12. The molecule has 0 radical (unpaired) electrons. The Balaban J connectivity index is 1.05. The molecule has 0 fully saturated rings. The summed E-state index contributed by atoms with van der Waals surface area (Å²) < 4.78 is 187. The molecule has 0 aliphatic heterocycles. The molecule has 2 heterocycles. The molecule has 86 heavy (non-hydrogen) atoms. The molecule has 4 nitrogen and oxygen atoms in total. The summed E-state index contributed by atoms with van der Waals surface area (Å²) in [6.45, 7) is 0. The van der Waals surface area contributed by atoms with Crippen molar-refractivity contribution >= 4 is 11.4 Å². The van der Waals surface area contributed by atoms with E-state index in [2.05, 4.69) is 0 Å². The van der Waals surface area contributed by atoms with E-state index in [9.17, 15) is 0 Å². The number of benzene rings is 9. The van der Waals surface area contributed by atoms with Gasteiger partial charge in [-0.05, 0) is 117 Å². The molecule has 9 aromatic carbocycles. The molecule has 430 valence electrons. The lowest BCUT2D eigenvalue weighted by molar-refractivity contribution is -0.572. The van der Waals surface area contributed by atoms with Crippen LogP contribution in [0.1, 0.15) is 22.3 Å². The molecule has 16 heteroatoms. The minimum atomic E-state index is -5.83. The van der Waals surface area contributed by atoms with Crippen LogP contribution < -0.4 is 20.6 Å². The van der Waals surface area contributed by atoms with Gasteiger partial charge in [-0.3, -0.25) is 0 Å². The number of hydrogen-bond donors (Lipinski definition) is 2. The molecule has 4 N–H and O–H groups in total. The topological polar surface area (TPSA) is 59.8 Å². The van der Waals surface area contributed by atoms with Crippen LogP contribution in [0.2, 0.25) is 0 Å². The van der Waals surface area contributed by atoms with Crippen molar-refractivity contribution in [2.75, 3.05) is 11.5 Å². The highest BCUT2D eigenvalue weighted by molar-refractivity contribution is 5.79. The highest BCUT2D eigenvalue weighted by Crippen LogP contribution is 2.58. The van der Waals surface area contributed by atoms with Gasteiger partial charge in [0.25, 0.3) is 0 Å². The van der Waals surface area contributed by atoms with E-state index in [0.29, 0.717) is 56.2 Å². The van der Waals surface area contributed by atoms with E-state index in [1.807, 2.05) is 121 Å². The zero-order valence-corrected chi connectivity index (χ0v) is 45.0. The molecule has 0 bridgehead atoms. The largest absolute Gasteiger partial charge is 0.411 e. The van der Waals surface area contributed by atoms with Gasteiger partial charge in [0, 0.05) is 82.2 Å². The van der Waals surface area contributed by atoms with E-state index in [0.717, 1.165) is 83.9 Å². The van der Waals surface area contributed by atoms with Gasteiger partial charge in [0.05, 0.1) is 0 Å². The lowest BCUT2D eigenvalue weighted by Gasteiger charge is -2.38. The Morgan fingerprint density at radius 2 is 0.430 bits per heavy atom.